The van der Waals surface area contributed by atoms with Gasteiger partial charge in [0.2, 0.25) is 0 Å². The lowest BCUT2D eigenvalue weighted by Crippen LogP contribution is -2.58. The summed E-state index contributed by atoms with van der Waals surface area (Å²) in [6.45, 7) is 11.8. The highest BCUT2D eigenvalue weighted by atomic mass is 15.3. The second-order valence-corrected chi connectivity index (χ2v) is 6.37. The highest BCUT2D eigenvalue weighted by Crippen LogP contribution is 2.41. The smallest absolute Gasteiger partial charge is 0.0221 e. The largest absolute Gasteiger partial charge is 0.311 e. The van der Waals surface area contributed by atoms with Crippen LogP contribution in [0.25, 0.3) is 0 Å². The number of nitrogens with one attached hydrogen (secondary N) is 1. The van der Waals surface area contributed by atoms with Crippen molar-refractivity contribution in [2.45, 2.75) is 71.5 Å². The lowest BCUT2D eigenvalue weighted by molar-refractivity contribution is 0.0966. The molecule has 0 aromatic carbocycles. The van der Waals surface area contributed by atoms with Crippen LogP contribution in [-0.4, -0.2) is 36.1 Å². The molecule has 1 saturated carbocycles. The molecule has 1 heterocycles. The van der Waals surface area contributed by atoms with Crippen molar-refractivity contribution in [3.8, 4) is 0 Å². The molecule has 2 aliphatic rings. The molecule has 100 valence electrons. The highest BCUT2D eigenvalue weighted by molar-refractivity contribution is 5.00. The van der Waals surface area contributed by atoms with Crippen molar-refractivity contribution in [1.29, 1.82) is 0 Å². The summed E-state index contributed by atoms with van der Waals surface area (Å²) in [5.41, 5.74) is 0. The van der Waals surface area contributed by atoms with E-state index < -0.39 is 0 Å². The molecule has 0 aromatic heterocycles. The molecule has 2 heteroatoms. The maximum atomic E-state index is 3.74. The minimum absolute atomic E-state index is 0.709. The van der Waals surface area contributed by atoms with Gasteiger partial charge < -0.3 is 5.32 Å². The van der Waals surface area contributed by atoms with Crippen molar-refractivity contribution in [2.24, 2.45) is 11.8 Å². The molecule has 0 aromatic rings. The first-order valence-corrected chi connectivity index (χ1v) is 7.66. The molecule has 0 bridgehead atoms. The number of hydrogen-bond acceptors (Lipinski definition) is 2. The lowest BCUT2D eigenvalue weighted by Gasteiger charge is -2.42. The number of rotatable bonds is 5. The standard InChI is InChI=1S/C15H30N2/c1-5-7-12-8-15(12)17-10-14(11(3)4)16-9-13(17)6-2/h11-16H,5-10H2,1-4H3. The first kappa shape index (κ1) is 13.4. The lowest BCUT2D eigenvalue weighted by atomic mass is 9.98. The molecular weight excluding hydrogens is 208 g/mol. The van der Waals surface area contributed by atoms with Crippen LogP contribution >= 0.6 is 0 Å². The summed E-state index contributed by atoms with van der Waals surface area (Å²) in [5.74, 6) is 1.78. The van der Waals surface area contributed by atoms with Crippen LogP contribution in [-0.2, 0) is 0 Å². The Balaban J connectivity index is 1.92. The Hall–Kier alpha value is -0.0800. The van der Waals surface area contributed by atoms with Crippen molar-refractivity contribution in [1.82, 2.24) is 10.2 Å². The maximum absolute atomic E-state index is 3.74. The van der Waals surface area contributed by atoms with Crippen molar-refractivity contribution < 1.29 is 0 Å². The Morgan fingerprint density at radius 2 is 2.06 bits per heavy atom. The van der Waals surface area contributed by atoms with E-state index in [2.05, 4.69) is 37.9 Å². The fourth-order valence-corrected chi connectivity index (χ4v) is 3.40. The first-order chi connectivity index (χ1) is 8.17. The van der Waals surface area contributed by atoms with Crippen molar-refractivity contribution in [3.05, 3.63) is 0 Å². The normalized spacial score (nSPS) is 38.6. The SMILES string of the molecule is CCCC1CC1N1CC(C(C)C)NCC1CC. The number of nitrogens with zero attached hydrogens (tertiary/aromatic N) is 1. The third kappa shape index (κ3) is 3.03. The summed E-state index contributed by atoms with van der Waals surface area (Å²) in [5, 5.41) is 3.74. The van der Waals surface area contributed by atoms with Gasteiger partial charge in [0.05, 0.1) is 0 Å². The topological polar surface area (TPSA) is 15.3 Å². The molecule has 2 nitrogen and oxygen atoms in total. The van der Waals surface area contributed by atoms with Gasteiger partial charge in [-0.15, -0.1) is 0 Å². The molecule has 2 fully saturated rings. The van der Waals surface area contributed by atoms with Gasteiger partial charge in [0.25, 0.3) is 0 Å². The van der Waals surface area contributed by atoms with Crippen LogP contribution in [0.1, 0.15) is 53.4 Å². The minimum Gasteiger partial charge on any atom is -0.311 e. The number of hydrogen-bond donors (Lipinski definition) is 1. The van der Waals surface area contributed by atoms with Crippen molar-refractivity contribution in [3.63, 3.8) is 0 Å². The number of piperazine rings is 1. The molecule has 1 aliphatic carbocycles. The summed E-state index contributed by atoms with van der Waals surface area (Å²) in [6, 6.07) is 2.42. The van der Waals surface area contributed by atoms with Gasteiger partial charge in [0, 0.05) is 31.2 Å². The zero-order chi connectivity index (χ0) is 12.4. The third-order valence-electron chi connectivity index (χ3n) is 4.74. The predicted molar refractivity (Wildman–Crippen MR) is 74.2 cm³/mol. The van der Waals surface area contributed by atoms with Gasteiger partial charge in [0.15, 0.2) is 0 Å². The van der Waals surface area contributed by atoms with Gasteiger partial charge in [0.1, 0.15) is 0 Å². The van der Waals surface area contributed by atoms with Crippen LogP contribution in [0, 0.1) is 11.8 Å². The molecule has 1 saturated heterocycles. The van der Waals surface area contributed by atoms with Crippen molar-refractivity contribution >= 4 is 0 Å². The second-order valence-electron chi connectivity index (χ2n) is 6.37. The fraction of sp³-hybridized carbons (Fsp3) is 1.00. The molecule has 0 radical (unpaired) electrons. The molecule has 4 unspecified atom stereocenters. The predicted octanol–water partition coefficient (Wildman–Crippen LogP) is 2.88. The van der Waals surface area contributed by atoms with Gasteiger partial charge in [-0.2, -0.15) is 0 Å². The average molecular weight is 238 g/mol. The summed E-state index contributed by atoms with van der Waals surface area (Å²) >= 11 is 0. The second kappa shape index (κ2) is 5.71. The Morgan fingerprint density at radius 1 is 1.29 bits per heavy atom. The van der Waals surface area contributed by atoms with Gasteiger partial charge >= 0.3 is 0 Å². The van der Waals surface area contributed by atoms with E-state index in [0.29, 0.717) is 6.04 Å². The molecule has 17 heavy (non-hydrogen) atoms. The Labute approximate surface area is 107 Å². The molecule has 0 amide bonds. The van der Waals surface area contributed by atoms with Crippen LogP contribution < -0.4 is 5.32 Å². The highest BCUT2D eigenvalue weighted by Gasteiger charge is 2.45. The third-order valence-corrected chi connectivity index (χ3v) is 4.74. The van der Waals surface area contributed by atoms with E-state index in [1.54, 1.807) is 0 Å². The van der Waals surface area contributed by atoms with Gasteiger partial charge in [-0.25, -0.2) is 0 Å². The van der Waals surface area contributed by atoms with E-state index in [1.165, 1.54) is 38.8 Å². The summed E-state index contributed by atoms with van der Waals surface area (Å²) < 4.78 is 0. The maximum Gasteiger partial charge on any atom is 0.0221 e. The van der Waals surface area contributed by atoms with E-state index in [1.807, 2.05) is 0 Å². The van der Waals surface area contributed by atoms with E-state index in [-0.39, 0.29) is 0 Å². The molecule has 4 atom stereocenters. The summed E-state index contributed by atoms with van der Waals surface area (Å²) in [4.78, 5) is 2.83. The Kier molecular flexibility index (Phi) is 4.48. The molecule has 1 aliphatic heterocycles. The van der Waals surface area contributed by atoms with Crippen LogP contribution in [0.15, 0.2) is 0 Å². The van der Waals surface area contributed by atoms with Gasteiger partial charge in [-0.05, 0) is 31.1 Å². The van der Waals surface area contributed by atoms with Crippen LogP contribution in [0.2, 0.25) is 0 Å². The van der Waals surface area contributed by atoms with Crippen molar-refractivity contribution in [2.75, 3.05) is 13.1 Å². The Morgan fingerprint density at radius 3 is 2.65 bits per heavy atom. The monoisotopic (exact) mass is 238 g/mol. The minimum atomic E-state index is 0.709. The van der Waals surface area contributed by atoms with Gasteiger partial charge in [-0.3, -0.25) is 4.90 Å². The van der Waals surface area contributed by atoms with Crippen LogP contribution in [0.5, 0.6) is 0 Å². The molecule has 2 rings (SSSR count). The van der Waals surface area contributed by atoms with Crippen LogP contribution in [0.4, 0.5) is 0 Å². The quantitative estimate of drug-likeness (QED) is 0.792. The average Bonchev–Trinajstić information content (AvgIpc) is 3.08. The molecule has 1 N–H and O–H groups in total. The molecule has 0 spiro atoms. The Bertz CT molecular complexity index is 239. The summed E-state index contributed by atoms with van der Waals surface area (Å²) in [7, 11) is 0. The summed E-state index contributed by atoms with van der Waals surface area (Å²) in [6.07, 6.45) is 5.57. The zero-order valence-corrected chi connectivity index (χ0v) is 12.1. The van der Waals surface area contributed by atoms with Gasteiger partial charge in [-0.1, -0.05) is 34.1 Å². The fourth-order valence-electron chi connectivity index (χ4n) is 3.40. The zero-order valence-electron chi connectivity index (χ0n) is 12.1. The van der Waals surface area contributed by atoms with E-state index >= 15 is 0 Å². The molecular formula is C15H30N2. The van der Waals surface area contributed by atoms with E-state index in [9.17, 15) is 0 Å². The first-order valence-electron chi connectivity index (χ1n) is 7.66. The van der Waals surface area contributed by atoms with E-state index in [4.69, 9.17) is 0 Å². The van der Waals surface area contributed by atoms with E-state index in [0.717, 1.165) is 23.9 Å². The van der Waals surface area contributed by atoms with Crippen LogP contribution in [0.3, 0.4) is 0 Å².